The molecule has 0 saturated heterocycles. The maximum absolute atomic E-state index is 4.83. The molecule has 1 aliphatic carbocycles. The van der Waals surface area contributed by atoms with Gasteiger partial charge in [-0.15, -0.1) is 16.4 Å². The van der Waals surface area contributed by atoms with Gasteiger partial charge in [0.25, 0.3) is 0 Å². The first kappa shape index (κ1) is 15.0. The van der Waals surface area contributed by atoms with Crippen molar-refractivity contribution in [2.24, 2.45) is 5.92 Å². The minimum Gasteiger partial charge on any atom is -0.262 e. The Morgan fingerprint density at radius 3 is 3.08 bits per heavy atom. The summed E-state index contributed by atoms with van der Waals surface area (Å²) in [7, 11) is 0. The van der Waals surface area contributed by atoms with E-state index in [0.29, 0.717) is 6.54 Å². The summed E-state index contributed by atoms with van der Waals surface area (Å²) in [5.41, 5.74) is 3.51. The molecule has 4 heterocycles. The van der Waals surface area contributed by atoms with E-state index in [-0.39, 0.29) is 0 Å². The average molecular weight is 352 g/mol. The van der Waals surface area contributed by atoms with Crippen molar-refractivity contribution in [2.45, 2.75) is 46.1 Å². The van der Waals surface area contributed by atoms with Gasteiger partial charge in [0.15, 0.2) is 11.5 Å². The highest BCUT2D eigenvalue weighted by Crippen LogP contribution is 2.39. The molecule has 128 valence electrons. The van der Waals surface area contributed by atoms with Crippen LogP contribution in [0.3, 0.4) is 0 Å². The van der Waals surface area contributed by atoms with E-state index in [0.717, 1.165) is 34.3 Å². The van der Waals surface area contributed by atoms with E-state index >= 15 is 0 Å². The lowest BCUT2D eigenvalue weighted by Crippen LogP contribution is -2.11. The number of aryl methyl sites for hydroxylation is 2. The highest BCUT2D eigenvalue weighted by Gasteiger charge is 2.24. The molecular formula is C18H20N6S. The third-order valence-electron chi connectivity index (χ3n) is 5.33. The Morgan fingerprint density at radius 1 is 1.36 bits per heavy atom. The Hall–Kier alpha value is -2.28. The summed E-state index contributed by atoms with van der Waals surface area (Å²) >= 11 is 1.84. The van der Waals surface area contributed by atoms with Crippen LogP contribution in [0.1, 0.15) is 41.7 Å². The molecule has 0 amide bonds. The van der Waals surface area contributed by atoms with E-state index in [1.54, 1.807) is 6.33 Å². The summed E-state index contributed by atoms with van der Waals surface area (Å²) in [5, 5.41) is 10.2. The SMILES string of the molecule is CCC1CCc2c(sc3ncn4nc(Cn5nccc5C)nc4c23)C1. The number of thiophene rings is 1. The Morgan fingerprint density at radius 2 is 2.28 bits per heavy atom. The van der Waals surface area contributed by atoms with Gasteiger partial charge < -0.3 is 0 Å². The lowest BCUT2D eigenvalue weighted by Gasteiger charge is -2.20. The second kappa shape index (κ2) is 5.62. The van der Waals surface area contributed by atoms with Crippen LogP contribution < -0.4 is 0 Å². The number of aromatic nitrogens is 6. The van der Waals surface area contributed by atoms with Crippen LogP contribution in [0.15, 0.2) is 18.6 Å². The molecule has 0 aromatic carbocycles. The number of nitrogens with zero attached hydrogens (tertiary/aromatic N) is 6. The summed E-state index contributed by atoms with van der Waals surface area (Å²) in [6.07, 6.45) is 8.45. The van der Waals surface area contributed by atoms with E-state index in [9.17, 15) is 0 Å². The fraction of sp³-hybridized carbons (Fsp3) is 0.444. The van der Waals surface area contributed by atoms with Gasteiger partial charge in [0, 0.05) is 16.8 Å². The minimum atomic E-state index is 0.590. The fourth-order valence-corrected chi connectivity index (χ4v) is 5.10. The summed E-state index contributed by atoms with van der Waals surface area (Å²) in [5.74, 6) is 1.59. The van der Waals surface area contributed by atoms with Crippen molar-refractivity contribution < 1.29 is 0 Å². The molecule has 0 fully saturated rings. The topological polar surface area (TPSA) is 60.9 Å². The highest BCUT2D eigenvalue weighted by molar-refractivity contribution is 7.19. The van der Waals surface area contributed by atoms with E-state index < -0.39 is 0 Å². The van der Waals surface area contributed by atoms with Crippen molar-refractivity contribution in [1.29, 1.82) is 0 Å². The minimum absolute atomic E-state index is 0.590. The maximum atomic E-state index is 4.83. The van der Waals surface area contributed by atoms with E-state index in [1.165, 1.54) is 35.1 Å². The standard InChI is InChI=1S/C18H20N6S/c1-3-12-4-5-13-14(8-12)25-18-16(13)17-21-15(22-24(17)10-19-18)9-23-11(2)6-7-20-23/h6-7,10,12H,3-5,8-9H2,1-2H3. The van der Waals surface area contributed by atoms with Crippen molar-refractivity contribution in [3.05, 3.63) is 40.5 Å². The van der Waals surface area contributed by atoms with Gasteiger partial charge in [0.2, 0.25) is 0 Å². The van der Waals surface area contributed by atoms with Gasteiger partial charge in [-0.1, -0.05) is 13.3 Å². The van der Waals surface area contributed by atoms with Crippen LogP contribution in [0.4, 0.5) is 0 Å². The van der Waals surface area contributed by atoms with Gasteiger partial charge in [-0.05, 0) is 43.7 Å². The van der Waals surface area contributed by atoms with Crippen molar-refractivity contribution in [3.63, 3.8) is 0 Å². The molecule has 4 aromatic rings. The number of hydrogen-bond donors (Lipinski definition) is 0. The molecule has 7 heteroatoms. The number of hydrogen-bond acceptors (Lipinski definition) is 5. The lowest BCUT2D eigenvalue weighted by molar-refractivity contribution is 0.451. The molecule has 5 rings (SSSR count). The zero-order valence-electron chi connectivity index (χ0n) is 14.4. The van der Waals surface area contributed by atoms with E-state index in [2.05, 4.69) is 22.1 Å². The fourth-order valence-electron chi connectivity index (χ4n) is 3.80. The third kappa shape index (κ3) is 2.37. The van der Waals surface area contributed by atoms with Gasteiger partial charge >= 0.3 is 0 Å². The average Bonchev–Trinajstić information content (AvgIpc) is 3.30. The quantitative estimate of drug-likeness (QED) is 0.567. The molecule has 0 N–H and O–H groups in total. The highest BCUT2D eigenvalue weighted by atomic mass is 32.1. The largest absolute Gasteiger partial charge is 0.262 e. The predicted octanol–water partition coefficient (Wildman–Crippen LogP) is 3.41. The maximum Gasteiger partial charge on any atom is 0.173 e. The molecule has 0 spiro atoms. The Balaban J connectivity index is 1.63. The zero-order chi connectivity index (χ0) is 17.0. The molecular weight excluding hydrogens is 332 g/mol. The summed E-state index contributed by atoms with van der Waals surface area (Å²) < 4.78 is 3.75. The monoisotopic (exact) mass is 352 g/mol. The molecule has 0 bridgehead atoms. The second-order valence-corrected chi connectivity index (χ2v) is 7.96. The van der Waals surface area contributed by atoms with Gasteiger partial charge in [-0.25, -0.2) is 14.5 Å². The molecule has 1 atom stereocenters. The van der Waals surface area contributed by atoms with Crippen LogP contribution in [0.5, 0.6) is 0 Å². The van der Waals surface area contributed by atoms with Crippen LogP contribution in [0, 0.1) is 12.8 Å². The smallest absolute Gasteiger partial charge is 0.173 e. The summed E-state index contributed by atoms with van der Waals surface area (Å²) in [6, 6.07) is 1.99. The Bertz CT molecular complexity index is 1070. The van der Waals surface area contributed by atoms with Crippen LogP contribution >= 0.6 is 11.3 Å². The third-order valence-corrected chi connectivity index (χ3v) is 6.49. The molecule has 0 aliphatic heterocycles. The van der Waals surface area contributed by atoms with Crippen molar-refractivity contribution >= 4 is 27.2 Å². The summed E-state index contributed by atoms with van der Waals surface area (Å²) in [4.78, 5) is 12.1. The Labute approximate surface area is 149 Å². The van der Waals surface area contributed by atoms with Crippen LogP contribution in [-0.2, 0) is 19.4 Å². The molecule has 0 saturated carbocycles. The molecule has 0 radical (unpaired) electrons. The molecule has 1 unspecified atom stereocenters. The van der Waals surface area contributed by atoms with E-state index in [4.69, 9.17) is 4.98 Å². The first-order valence-electron chi connectivity index (χ1n) is 8.86. The lowest BCUT2D eigenvalue weighted by atomic mass is 9.86. The number of fused-ring (bicyclic) bond motifs is 5. The van der Waals surface area contributed by atoms with Gasteiger partial charge in [-0.3, -0.25) is 4.68 Å². The molecule has 6 nitrogen and oxygen atoms in total. The van der Waals surface area contributed by atoms with Crippen LogP contribution in [-0.4, -0.2) is 29.4 Å². The van der Waals surface area contributed by atoms with Gasteiger partial charge in [0.1, 0.15) is 17.7 Å². The molecule has 25 heavy (non-hydrogen) atoms. The second-order valence-electron chi connectivity index (χ2n) is 6.87. The van der Waals surface area contributed by atoms with Gasteiger partial charge in [-0.2, -0.15) is 5.10 Å². The summed E-state index contributed by atoms with van der Waals surface area (Å²) in [6.45, 7) is 4.93. The van der Waals surface area contributed by atoms with Crippen molar-refractivity contribution in [1.82, 2.24) is 29.4 Å². The first-order chi connectivity index (χ1) is 12.2. The number of rotatable bonds is 3. The first-order valence-corrected chi connectivity index (χ1v) is 9.67. The van der Waals surface area contributed by atoms with Gasteiger partial charge in [0.05, 0.1) is 5.39 Å². The normalized spacial score (nSPS) is 17.4. The van der Waals surface area contributed by atoms with E-state index in [1.807, 2.05) is 39.7 Å². The van der Waals surface area contributed by atoms with Crippen molar-refractivity contribution in [2.75, 3.05) is 0 Å². The van der Waals surface area contributed by atoms with Crippen LogP contribution in [0.2, 0.25) is 0 Å². The molecule has 1 aliphatic rings. The zero-order valence-corrected chi connectivity index (χ0v) is 15.3. The predicted molar refractivity (Wildman–Crippen MR) is 98.0 cm³/mol. The molecule has 4 aromatic heterocycles. The Kier molecular flexibility index (Phi) is 3.38. The van der Waals surface area contributed by atoms with Crippen LogP contribution in [0.25, 0.3) is 15.9 Å². The van der Waals surface area contributed by atoms with Crippen molar-refractivity contribution in [3.8, 4) is 0 Å².